The summed E-state index contributed by atoms with van der Waals surface area (Å²) in [6, 6.07) is 8.23. The van der Waals surface area contributed by atoms with Crippen molar-refractivity contribution < 1.29 is 4.74 Å². The molecule has 0 saturated heterocycles. The van der Waals surface area contributed by atoms with Gasteiger partial charge in [-0.15, -0.1) is 0 Å². The molecule has 17 heavy (non-hydrogen) atoms. The minimum Gasteiger partial charge on any atom is -0.489 e. The Hall–Kier alpha value is -1.02. The van der Waals surface area contributed by atoms with Crippen molar-refractivity contribution in [2.24, 2.45) is 0 Å². The van der Waals surface area contributed by atoms with Crippen molar-refractivity contribution in [2.45, 2.75) is 46.1 Å². The van der Waals surface area contributed by atoms with Crippen LogP contribution < -0.4 is 10.1 Å². The molecule has 0 aromatic heterocycles. The van der Waals surface area contributed by atoms with E-state index in [1.165, 1.54) is 12.0 Å². The summed E-state index contributed by atoms with van der Waals surface area (Å²) in [7, 11) is 0. The van der Waals surface area contributed by atoms with Crippen molar-refractivity contribution in [2.75, 3.05) is 13.1 Å². The number of ether oxygens (including phenoxy) is 1. The Balaban J connectivity index is 2.50. The summed E-state index contributed by atoms with van der Waals surface area (Å²) in [4.78, 5) is 0. The van der Waals surface area contributed by atoms with Crippen LogP contribution in [0, 0.1) is 6.92 Å². The minimum absolute atomic E-state index is 0.285. The first-order valence-electron chi connectivity index (χ1n) is 6.70. The summed E-state index contributed by atoms with van der Waals surface area (Å²) in [5.74, 6) is 1.02. The van der Waals surface area contributed by atoms with Crippen LogP contribution in [0.25, 0.3) is 0 Å². The van der Waals surface area contributed by atoms with Crippen LogP contribution in [0.1, 0.15) is 38.7 Å². The fourth-order valence-electron chi connectivity index (χ4n) is 1.83. The third-order valence-electron chi connectivity index (χ3n) is 2.80. The number of nitrogens with one attached hydrogen (secondary N) is 1. The molecule has 0 radical (unpaired) electrons. The maximum atomic E-state index is 6.07. The van der Waals surface area contributed by atoms with E-state index < -0.39 is 0 Å². The van der Waals surface area contributed by atoms with Crippen molar-refractivity contribution in [3.8, 4) is 5.75 Å². The number of hydrogen-bond acceptors (Lipinski definition) is 2. The van der Waals surface area contributed by atoms with E-state index in [9.17, 15) is 0 Å². The molecular formula is C15H25NO. The van der Waals surface area contributed by atoms with E-state index in [-0.39, 0.29) is 6.10 Å². The van der Waals surface area contributed by atoms with E-state index >= 15 is 0 Å². The maximum Gasteiger partial charge on any atom is 0.122 e. The molecule has 0 saturated carbocycles. The molecule has 0 fully saturated rings. The number of benzene rings is 1. The van der Waals surface area contributed by atoms with Crippen LogP contribution in [-0.2, 0) is 0 Å². The summed E-state index contributed by atoms with van der Waals surface area (Å²) in [6.45, 7) is 8.49. The van der Waals surface area contributed by atoms with Gasteiger partial charge in [0.1, 0.15) is 11.9 Å². The fraction of sp³-hybridized carbons (Fsp3) is 0.600. The first-order valence-corrected chi connectivity index (χ1v) is 6.70. The zero-order valence-corrected chi connectivity index (χ0v) is 11.3. The van der Waals surface area contributed by atoms with Gasteiger partial charge in [-0.1, -0.05) is 38.5 Å². The molecule has 0 aliphatic heterocycles. The zero-order valence-electron chi connectivity index (χ0n) is 11.3. The minimum atomic E-state index is 0.285. The van der Waals surface area contributed by atoms with Crippen LogP contribution in [0.15, 0.2) is 24.3 Å². The van der Waals surface area contributed by atoms with Crippen LogP contribution in [0.3, 0.4) is 0 Å². The molecule has 1 atom stereocenters. The second-order valence-corrected chi connectivity index (χ2v) is 4.50. The van der Waals surface area contributed by atoms with Gasteiger partial charge in [0.25, 0.3) is 0 Å². The quantitative estimate of drug-likeness (QED) is 0.696. The Morgan fingerprint density at radius 3 is 2.59 bits per heavy atom. The third kappa shape index (κ3) is 5.22. The highest BCUT2D eigenvalue weighted by molar-refractivity contribution is 5.31. The smallest absolute Gasteiger partial charge is 0.122 e. The van der Waals surface area contributed by atoms with Crippen molar-refractivity contribution in [3.05, 3.63) is 29.8 Å². The van der Waals surface area contributed by atoms with Gasteiger partial charge >= 0.3 is 0 Å². The number of para-hydroxylation sites is 1. The van der Waals surface area contributed by atoms with Crippen LogP contribution in [-0.4, -0.2) is 19.2 Å². The molecule has 1 aromatic carbocycles. The molecule has 2 heteroatoms. The highest BCUT2D eigenvalue weighted by Crippen LogP contribution is 2.19. The summed E-state index contributed by atoms with van der Waals surface area (Å²) in [5.41, 5.74) is 1.21. The largest absolute Gasteiger partial charge is 0.489 e. The van der Waals surface area contributed by atoms with Gasteiger partial charge in [0, 0.05) is 6.54 Å². The van der Waals surface area contributed by atoms with Gasteiger partial charge in [0.15, 0.2) is 0 Å². The number of hydrogen-bond donors (Lipinski definition) is 1. The number of rotatable bonds is 8. The van der Waals surface area contributed by atoms with Crippen LogP contribution in [0.2, 0.25) is 0 Å². The van der Waals surface area contributed by atoms with Crippen molar-refractivity contribution in [1.29, 1.82) is 0 Å². The molecule has 96 valence electrons. The molecule has 0 bridgehead atoms. The normalized spacial score (nSPS) is 12.4. The molecule has 0 aliphatic rings. The van der Waals surface area contributed by atoms with Crippen LogP contribution >= 0.6 is 0 Å². The average molecular weight is 235 g/mol. The number of aryl methyl sites for hydroxylation is 1. The molecule has 1 rings (SSSR count). The summed E-state index contributed by atoms with van der Waals surface area (Å²) in [5, 5.41) is 3.43. The van der Waals surface area contributed by atoms with Crippen LogP contribution in [0.4, 0.5) is 0 Å². The van der Waals surface area contributed by atoms with E-state index in [0.29, 0.717) is 0 Å². The average Bonchev–Trinajstić information content (AvgIpc) is 2.32. The molecule has 0 heterocycles. The van der Waals surface area contributed by atoms with Gasteiger partial charge in [0.2, 0.25) is 0 Å². The topological polar surface area (TPSA) is 21.3 Å². The molecule has 0 amide bonds. The molecular weight excluding hydrogens is 210 g/mol. The van der Waals surface area contributed by atoms with E-state index in [1.807, 2.05) is 12.1 Å². The molecule has 1 aromatic rings. The highest BCUT2D eigenvalue weighted by atomic mass is 16.5. The summed E-state index contributed by atoms with van der Waals surface area (Å²) in [6.07, 6.45) is 3.71. The van der Waals surface area contributed by atoms with Gasteiger partial charge < -0.3 is 10.1 Å². The van der Waals surface area contributed by atoms with E-state index in [2.05, 4.69) is 38.2 Å². The second kappa shape index (κ2) is 8.13. The Morgan fingerprint density at radius 2 is 1.94 bits per heavy atom. The lowest BCUT2D eigenvalue weighted by molar-refractivity contribution is 0.185. The lowest BCUT2D eigenvalue weighted by atomic mass is 10.2. The molecule has 2 nitrogen and oxygen atoms in total. The third-order valence-corrected chi connectivity index (χ3v) is 2.80. The highest BCUT2D eigenvalue weighted by Gasteiger charge is 2.10. The first-order chi connectivity index (χ1) is 8.27. The van der Waals surface area contributed by atoms with Crippen LogP contribution in [0.5, 0.6) is 5.75 Å². The lowest BCUT2D eigenvalue weighted by Gasteiger charge is -2.20. The van der Waals surface area contributed by atoms with Gasteiger partial charge in [-0.25, -0.2) is 0 Å². The predicted molar refractivity (Wildman–Crippen MR) is 73.7 cm³/mol. The van der Waals surface area contributed by atoms with Gasteiger partial charge in [0.05, 0.1) is 0 Å². The van der Waals surface area contributed by atoms with E-state index in [0.717, 1.165) is 31.7 Å². The zero-order chi connectivity index (χ0) is 12.5. The van der Waals surface area contributed by atoms with Crippen molar-refractivity contribution in [3.63, 3.8) is 0 Å². The lowest BCUT2D eigenvalue weighted by Crippen LogP contribution is -2.32. The van der Waals surface area contributed by atoms with E-state index in [4.69, 9.17) is 4.74 Å². The Labute approximate surface area is 105 Å². The molecule has 1 unspecified atom stereocenters. The van der Waals surface area contributed by atoms with Crippen molar-refractivity contribution in [1.82, 2.24) is 5.32 Å². The Morgan fingerprint density at radius 1 is 1.18 bits per heavy atom. The Bertz CT molecular complexity index is 312. The fourth-order valence-corrected chi connectivity index (χ4v) is 1.83. The first kappa shape index (κ1) is 14.0. The maximum absolute atomic E-state index is 6.07. The van der Waals surface area contributed by atoms with Gasteiger partial charge in [-0.05, 0) is 37.9 Å². The second-order valence-electron chi connectivity index (χ2n) is 4.50. The van der Waals surface area contributed by atoms with Crippen molar-refractivity contribution >= 4 is 0 Å². The summed E-state index contributed by atoms with van der Waals surface area (Å²) < 4.78 is 6.07. The van der Waals surface area contributed by atoms with Gasteiger partial charge in [-0.2, -0.15) is 0 Å². The molecule has 0 spiro atoms. The molecule has 0 aliphatic carbocycles. The molecule has 1 N–H and O–H groups in total. The van der Waals surface area contributed by atoms with E-state index in [1.54, 1.807) is 0 Å². The standard InChI is InChI=1S/C15H25NO/c1-4-8-14(12-16-11-5-2)17-15-10-7-6-9-13(15)3/h6-7,9-10,14,16H,4-5,8,11-12H2,1-3H3. The Kier molecular flexibility index (Phi) is 6.71. The van der Waals surface area contributed by atoms with Gasteiger partial charge in [-0.3, -0.25) is 0 Å². The SMILES string of the molecule is CCCNCC(CCC)Oc1ccccc1C. The monoisotopic (exact) mass is 235 g/mol. The summed E-state index contributed by atoms with van der Waals surface area (Å²) >= 11 is 0. The predicted octanol–water partition coefficient (Wildman–Crippen LogP) is 3.54.